The molecule has 1 aliphatic heterocycles. The molecule has 0 atom stereocenters. The van der Waals surface area contributed by atoms with Gasteiger partial charge in [0.05, 0.1) is 0 Å². The highest BCUT2D eigenvalue weighted by Crippen LogP contribution is 2.35. The van der Waals surface area contributed by atoms with Crippen LogP contribution in [0.3, 0.4) is 0 Å². The fourth-order valence-corrected chi connectivity index (χ4v) is 4.64. The fraction of sp³-hybridized carbons (Fsp3) is 0.478. The van der Waals surface area contributed by atoms with E-state index in [0.29, 0.717) is 12.0 Å². The van der Waals surface area contributed by atoms with E-state index in [1.165, 1.54) is 36.8 Å². The van der Waals surface area contributed by atoms with Crippen molar-refractivity contribution in [1.29, 1.82) is 0 Å². The Morgan fingerprint density at radius 2 is 1.26 bits per heavy atom. The molecule has 2 aromatic carbocycles. The highest BCUT2D eigenvalue weighted by atomic mass is 19.1. The van der Waals surface area contributed by atoms with Crippen molar-refractivity contribution < 1.29 is 8.78 Å². The number of piperazine rings is 1. The minimum atomic E-state index is -0.167. The number of hydrogen-bond acceptors (Lipinski definition) is 2. The second-order valence-electron chi connectivity index (χ2n) is 8.00. The molecule has 1 heterocycles. The minimum Gasteiger partial charge on any atom is -0.298 e. The Hall–Kier alpha value is -1.78. The third kappa shape index (κ3) is 4.74. The summed E-state index contributed by atoms with van der Waals surface area (Å²) in [6, 6.07) is 14.6. The molecule has 2 aromatic rings. The topological polar surface area (TPSA) is 6.48 Å². The summed E-state index contributed by atoms with van der Waals surface area (Å²) < 4.78 is 26.2. The first-order valence-electron chi connectivity index (χ1n) is 10.1. The van der Waals surface area contributed by atoms with E-state index >= 15 is 0 Å². The lowest BCUT2D eigenvalue weighted by Crippen LogP contribution is -2.50. The van der Waals surface area contributed by atoms with Crippen LogP contribution in [0.4, 0.5) is 8.78 Å². The molecule has 2 fully saturated rings. The van der Waals surface area contributed by atoms with Crippen molar-refractivity contribution in [1.82, 2.24) is 9.80 Å². The zero-order chi connectivity index (χ0) is 18.6. The quantitative estimate of drug-likeness (QED) is 0.762. The number of rotatable bonds is 4. The predicted molar refractivity (Wildman–Crippen MR) is 105 cm³/mol. The Morgan fingerprint density at radius 3 is 1.85 bits per heavy atom. The van der Waals surface area contributed by atoms with Crippen molar-refractivity contribution in [2.75, 3.05) is 26.2 Å². The largest absolute Gasteiger partial charge is 0.298 e. The Bertz CT molecular complexity index is 713. The zero-order valence-electron chi connectivity index (χ0n) is 15.8. The molecule has 0 radical (unpaired) electrons. The van der Waals surface area contributed by atoms with E-state index in [2.05, 4.69) is 9.80 Å². The SMILES string of the molecule is Fc1ccc(CN2CCN(C3CCC(c4ccc(F)cc4)CC3)CC2)cc1. The maximum Gasteiger partial charge on any atom is 0.123 e. The maximum atomic E-state index is 13.1. The lowest BCUT2D eigenvalue weighted by molar-refractivity contribution is 0.0727. The molecule has 4 heteroatoms. The van der Waals surface area contributed by atoms with Crippen molar-refractivity contribution in [2.24, 2.45) is 0 Å². The van der Waals surface area contributed by atoms with Gasteiger partial charge in [0.25, 0.3) is 0 Å². The normalized spacial score (nSPS) is 24.8. The van der Waals surface area contributed by atoms with Crippen LogP contribution in [0, 0.1) is 11.6 Å². The van der Waals surface area contributed by atoms with Gasteiger partial charge in [0.1, 0.15) is 11.6 Å². The van der Waals surface area contributed by atoms with Crippen molar-refractivity contribution >= 4 is 0 Å². The van der Waals surface area contributed by atoms with Gasteiger partial charge in [-0.05, 0) is 67.0 Å². The van der Waals surface area contributed by atoms with Gasteiger partial charge in [-0.15, -0.1) is 0 Å². The van der Waals surface area contributed by atoms with Crippen molar-refractivity contribution in [3.63, 3.8) is 0 Å². The van der Waals surface area contributed by atoms with Gasteiger partial charge in [0.15, 0.2) is 0 Å². The zero-order valence-corrected chi connectivity index (χ0v) is 15.8. The Labute approximate surface area is 160 Å². The van der Waals surface area contributed by atoms with Crippen LogP contribution >= 0.6 is 0 Å². The molecule has 0 bridgehead atoms. The van der Waals surface area contributed by atoms with Crippen LogP contribution in [0.1, 0.15) is 42.7 Å². The third-order valence-corrected chi connectivity index (χ3v) is 6.28. The fourth-order valence-electron chi connectivity index (χ4n) is 4.64. The molecule has 1 saturated heterocycles. The van der Waals surface area contributed by atoms with E-state index < -0.39 is 0 Å². The summed E-state index contributed by atoms with van der Waals surface area (Å²) in [6.07, 6.45) is 4.87. The van der Waals surface area contributed by atoms with Crippen molar-refractivity contribution in [2.45, 2.75) is 44.2 Å². The van der Waals surface area contributed by atoms with E-state index in [4.69, 9.17) is 0 Å². The molecule has 0 N–H and O–H groups in total. The summed E-state index contributed by atoms with van der Waals surface area (Å²) >= 11 is 0. The molecule has 4 rings (SSSR count). The summed E-state index contributed by atoms with van der Waals surface area (Å²) in [6.45, 7) is 5.30. The van der Waals surface area contributed by atoms with Gasteiger partial charge in [-0.25, -0.2) is 8.78 Å². The van der Waals surface area contributed by atoms with Crippen molar-refractivity contribution in [3.05, 3.63) is 71.3 Å². The molecule has 1 saturated carbocycles. The third-order valence-electron chi connectivity index (χ3n) is 6.28. The molecule has 0 amide bonds. The number of benzene rings is 2. The van der Waals surface area contributed by atoms with Gasteiger partial charge in [-0.1, -0.05) is 24.3 Å². The molecule has 2 aliphatic rings. The highest BCUT2D eigenvalue weighted by molar-refractivity contribution is 5.21. The number of nitrogens with zero attached hydrogens (tertiary/aromatic N) is 2. The summed E-state index contributed by atoms with van der Waals surface area (Å²) in [4.78, 5) is 5.12. The molecule has 2 nitrogen and oxygen atoms in total. The van der Waals surface area contributed by atoms with E-state index in [9.17, 15) is 8.78 Å². The molecule has 27 heavy (non-hydrogen) atoms. The predicted octanol–water partition coefficient (Wildman–Crippen LogP) is 4.81. The lowest BCUT2D eigenvalue weighted by Gasteiger charge is -2.42. The van der Waals surface area contributed by atoms with Crippen LogP contribution in [0.5, 0.6) is 0 Å². The van der Waals surface area contributed by atoms with Gasteiger partial charge >= 0.3 is 0 Å². The second-order valence-corrected chi connectivity index (χ2v) is 8.00. The Kier molecular flexibility index (Phi) is 5.84. The van der Waals surface area contributed by atoms with Crippen LogP contribution < -0.4 is 0 Å². The van der Waals surface area contributed by atoms with Gasteiger partial charge in [-0.3, -0.25) is 9.80 Å². The van der Waals surface area contributed by atoms with Gasteiger partial charge < -0.3 is 0 Å². The average Bonchev–Trinajstić information content (AvgIpc) is 2.71. The summed E-state index contributed by atoms with van der Waals surface area (Å²) in [5.41, 5.74) is 2.48. The standard InChI is InChI=1S/C23H28F2N2/c24-21-7-1-18(2-8-21)17-26-13-15-27(16-14-26)23-11-5-20(6-12-23)19-3-9-22(25)10-4-19/h1-4,7-10,20,23H,5-6,11-17H2. The first-order chi connectivity index (χ1) is 13.2. The number of hydrogen-bond donors (Lipinski definition) is 0. The van der Waals surface area contributed by atoms with Crippen LogP contribution in [0.2, 0.25) is 0 Å². The minimum absolute atomic E-state index is 0.147. The first kappa shape index (κ1) is 18.6. The average molecular weight is 370 g/mol. The van der Waals surface area contributed by atoms with E-state index in [-0.39, 0.29) is 11.6 Å². The second kappa shape index (κ2) is 8.49. The van der Waals surface area contributed by atoms with Crippen molar-refractivity contribution in [3.8, 4) is 0 Å². The summed E-state index contributed by atoms with van der Waals surface area (Å²) in [5.74, 6) is 0.271. The molecule has 0 unspecified atom stereocenters. The van der Waals surface area contributed by atoms with E-state index in [0.717, 1.165) is 32.7 Å². The smallest absolute Gasteiger partial charge is 0.123 e. The maximum absolute atomic E-state index is 13.1. The Balaban J connectivity index is 1.23. The van der Waals surface area contributed by atoms with Crippen LogP contribution in [-0.2, 0) is 6.54 Å². The molecule has 0 aromatic heterocycles. The lowest BCUT2D eigenvalue weighted by atomic mass is 9.81. The van der Waals surface area contributed by atoms with Gasteiger partial charge in [-0.2, -0.15) is 0 Å². The molecular weight excluding hydrogens is 342 g/mol. The highest BCUT2D eigenvalue weighted by Gasteiger charge is 2.28. The summed E-state index contributed by atoms with van der Waals surface area (Å²) in [7, 11) is 0. The van der Waals surface area contributed by atoms with Crippen LogP contribution in [0.15, 0.2) is 48.5 Å². The Morgan fingerprint density at radius 1 is 0.704 bits per heavy atom. The summed E-state index contributed by atoms with van der Waals surface area (Å²) in [5, 5.41) is 0. The molecular formula is C23H28F2N2. The molecule has 0 spiro atoms. The van der Waals surface area contributed by atoms with E-state index in [1.807, 2.05) is 24.3 Å². The van der Waals surface area contributed by atoms with Gasteiger partial charge in [0.2, 0.25) is 0 Å². The first-order valence-corrected chi connectivity index (χ1v) is 10.1. The monoisotopic (exact) mass is 370 g/mol. The number of halogens is 2. The van der Waals surface area contributed by atoms with Crippen LogP contribution in [0.25, 0.3) is 0 Å². The van der Waals surface area contributed by atoms with Crippen LogP contribution in [-0.4, -0.2) is 42.0 Å². The van der Waals surface area contributed by atoms with Gasteiger partial charge in [0, 0.05) is 38.8 Å². The van der Waals surface area contributed by atoms with E-state index in [1.54, 1.807) is 24.3 Å². The molecule has 1 aliphatic carbocycles. The molecule has 144 valence electrons.